The van der Waals surface area contributed by atoms with Crippen LogP contribution in [0.2, 0.25) is 0 Å². The minimum absolute atomic E-state index is 1.00. The highest BCUT2D eigenvalue weighted by Crippen LogP contribution is 2.20. The Kier molecular flexibility index (Phi) is 2.27. The first-order valence-corrected chi connectivity index (χ1v) is 5.39. The van der Waals surface area contributed by atoms with Gasteiger partial charge in [-0.05, 0) is 24.5 Å². The number of fused-ring (bicyclic) bond motifs is 1. The van der Waals surface area contributed by atoms with Gasteiger partial charge in [-0.2, -0.15) is 0 Å². The molecule has 0 saturated heterocycles. The Bertz CT molecular complexity index is 418. The number of rotatable bonds is 2. The van der Waals surface area contributed by atoms with E-state index in [1.54, 1.807) is 11.3 Å². The molecule has 0 amide bonds. The normalized spacial score (nSPS) is 10.9. The van der Waals surface area contributed by atoms with Crippen molar-refractivity contribution in [2.45, 2.75) is 26.7 Å². The molecule has 2 heterocycles. The highest BCUT2D eigenvalue weighted by Gasteiger charge is 2.03. The van der Waals surface area contributed by atoms with Gasteiger partial charge in [-0.15, -0.1) is 0 Å². The van der Waals surface area contributed by atoms with E-state index >= 15 is 0 Å². The second-order valence-corrected chi connectivity index (χ2v) is 4.04. The summed E-state index contributed by atoms with van der Waals surface area (Å²) in [7, 11) is 0. The Hall–Kier alpha value is -0.960. The van der Waals surface area contributed by atoms with E-state index in [4.69, 9.17) is 0 Å². The maximum Gasteiger partial charge on any atom is 0.143 e. The van der Waals surface area contributed by atoms with Gasteiger partial charge >= 0.3 is 0 Å². The van der Waals surface area contributed by atoms with E-state index < -0.39 is 0 Å². The van der Waals surface area contributed by atoms with E-state index in [-0.39, 0.29) is 0 Å². The molecule has 0 aliphatic rings. The number of hydrogen-bond donors (Lipinski definition) is 0. The summed E-state index contributed by atoms with van der Waals surface area (Å²) in [4.78, 5) is 9.94. The SMILES string of the molecule is CCc1cnc2sc(CC)nc2c1. The van der Waals surface area contributed by atoms with Crippen LogP contribution in [0.1, 0.15) is 24.4 Å². The molecule has 0 atom stereocenters. The fraction of sp³-hybridized carbons (Fsp3) is 0.400. The summed E-state index contributed by atoms with van der Waals surface area (Å²) < 4.78 is 0. The molecule has 2 rings (SSSR count). The van der Waals surface area contributed by atoms with Gasteiger partial charge < -0.3 is 0 Å². The summed E-state index contributed by atoms with van der Waals surface area (Å²) in [6.07, 6.45) is 3.98. The molecule has 0 unspecified atom stereocenters. The lowest BCUT2D eigenvalue weighted by Gasteiger charge is -1.92. The molecular formula is C10H12N2S. The number of aryl methyl sites for hydroxylation is 2. The third-order valence-electron chi connectivity index (χ3n) is 2.06. The van der Waals surface area contributed by atoms with Gasteiger partial charge in [0.15, 0.2) is 0 Å². The van der Waals surface area contributed by atoms with Gasteiger partial charge in [0.1, 0.15) is 10.3 Å². The third kappa shape index (κ3) is 1.56. The Balaban J connectivity index is 2.57. The van der Waals surface area contributed by atoms with Crippen molar-refractivity contribution in [3.63, 3.8) is 0 Å². The van der Waals surface area contributed by atoms with Crippen LogP contribution < -0.4 is 0 Å². The van der Waals surface area contributed by atoms with Crippen molar-refractivity contribution in [1.29, 1.82) is 0 Å². The summed E-state index contributed by atoms with van der Waals surface area (Å²) in [5.74, 6) is 0. The minimum atomic E-state index is 1.00. The maximum absolute atomic E-state index is 4.50. The van der Waals surface area contributed by atoms with E-state index in [0.29, 0.717) is 0 Å². The van der Waals surface area contributed by atoms with Gasteiger partial charge in [0, 0.05) is 6.20 Å². The van der Waals surface area contributed by atoms with Crippen molar-refractivity contribution in [2.75, 3.05) is 0 Å². The number of nitrogens with zero attached hydrogens (tertiary/aromatic N) is 2. The van der Waals surface area contributed by atoms with Crippen LogP contribution in [0.15, 0.2) is 12.3 Å². The highest BCUT2D eigenvalue weighted by molar-refractivity contribution is 7.18. The zero-order valence-electron chi connectivity index (χ0n) is 7.87. The molecule has 0 fully saturated rings. The molecular weight excluding hydrogens is 180 g/mol. The molecule has 0 aliphatic heterocycles. The monoisotopic (exact) mass is 192 g/mol. The van der Waals surface area contributed by atoms with Gasteiger partial charge in [0.25, 0.3) is 0 Å². The summed E-state index contributed by atoms with van der Waals surface area (Å²) in [5.41, 5.74) is 2.32. The molecule has 0 aromatic carbocycles. The third-order valence-corrected chi connectivity index (χ3v) is 3.18. The Morgan fingerprint density at radius 2 is 2.15 bits per heavy atom. The van der Waals surface area contributed by atoms with Crippen molar-refractivity contribution in [2.24, 2.45) is 0 Å². The number of thiazole rings is 1. The summed E-state index contributed by atoms with van der Waals surface area (Å²) in [5, 5.41) is 1.18. The largest absolute Gasteiger partial charge is 0.243 e. The molecule has 2 nitrogen and oxygen atoms in total. The van der Waals surface area contributed by atoms with Crippen LogP contribution in [0.25, 0.3) is 10.3 Å². The Morgan fingerprint density at radius 1 is 1.31 bits per heavy atom. The topological polar surface area (TPSA) is 25.8 Å². The Morgan fingerprint density at radius 3 is 2.85 bits per heavy atom. The summed E-state index contributed by atoms with van der Waals surface area (Å²) in [6, 6.07) is 2.14. The first-order chi connectivity index (χ1) is 6.33. The van der Waals surface area contributed by atoms with E-state index in [9.17, 15) is 0 Å². The van der Waals surface area contributed by atoms with Crippen molar-refractivity contribution in [3.05, 3.63) is 22.8 Å². The molecule has 68 valence electrons. The van der Waals surface area contributed by atoms with Crippen LogP contribution in [0.3, 0.4) is 0 Å². The van der Waals surface area contributed by atoms with E-state index in [0.717, 1.165) is 23.2 Å². The quantitative estimate of drug-likeness (QED) is 0.731. The van der Waals surface area contributed by atoms with Crippen molar-refractivity contribution < 1.29 is 0 Å². The van der Waals surface area contributed by atoms with Crippen LogP contribution in [-0.4, -0.2) is 9.97 Å². The summed E-state index contributed by atoms with van der Waals surface area (Å²) >= 11 is 1.69. The van der Waals surface area contributed by atoms with Crippen LogP contribution in [0, 0.1) is 0 Å². The van der Waals surface area contributed by atoms with Crippen LogP contribution in [0.5, 0.6) is 0 Å². The van der Waals surface area contributed by atoms with Crippen LogP contribution >= 0.6 is 11.3 Å². The Labute approximate surface area is 81.7 Å². The lowest BCUT2D eigenvalue weighted by molar-refractivity contribution is 1.10. The molecule has 0 spiro atoms. The molecule has 2 aromatic rings. The number of hydrogen-bond acceptors (Lipinski definition) is 3. The second-order valence-electron chi connectivity index (χ2n) is 2.98. The van der Waals surface area contributed by atoms with Gasteiger partial charge in [-0.3, -0.25) is 0 Å². The molecule has 0 aliphatic carbocycles. The first kappa shape index (κ1) is 8.63. The van der Waals surface area contributed by atoms with Crippen LogP contribution in [0.4, 0.5) is 0 Å². The van der Waals surface area contributed by atoms with E-state index in [1.807, 2.05) is 6.20 Å². The fourth-order valence-electron chi connectivity index (χ4n) is 1.25. The first-order valence-electron chi connectivity index (χ1n) is 4.57. The predicted molar refractivity (Wildman–Crippen MR) is 56.2 cm³/mol. The lowest BCUT2D eigenvalue weighted by atomic mass is 10.2. The number of aromatic nitrogens is 2. The number of pyridine rings is 1. The summed E-state index contributed by atoms with van der Waals surface area (Å²) in [6.45, 7) is 4.26. The second kappa shape index (κ2) is 3.42. The van der Waals surface area contributed by atoms with Gasteiger partial charge in [-0.25, -0.2) is 9.97 Å². The van der Waals surface area contributed by atoms with Gasteiger partial charge in [0.05, 0.1) is 5.01 Å². The average Bonchev–Trinajstić information content (AvgIpc) is 2.58. The smallest absolute Gasteiger partial charge is 0.143 e. The molecule has 0 radical (unpaired) electrons. The van der Waals surface area contributed by atoms with Gasteiger partial charge in [-0.1, -0.05) is 25.2 Å². The molecule has 0 saturated carbocycles. The zero-order chi connectivity index (χ0) is 9.26. The van der Waals surface area contributed by atoms with Crippen molar-refractivity contribution >= 4 is 21.7 Å². The van der Waals surface area contributed by atoms with Gasteiger partial charge in [0.2, 0.25) is 0 Å². The molecule has 2 aromatic heterocycles. The fourth-order valence-corrected chi connectivity index (χ4v) is 2.08. The molecule has 3 heteroatoms. The molecule has 0 N–H and O–H groups in total. The predicted octanol–water partition coefficient (Wildman–Crippen LogP) is 2.82. The maximum atomic E-state index is 4.50. The average molecular weight is 192 g/mol. The molecule has 13 heavy (non-hydrogen) atoms. The van der Waals surface area contributed by atoms with E-state index in [1.165, 1.54) is 10.6 Å². The van der Waals surface area contributed by atoms with Crippen LogP contribution in [-0.2, 0) is 12.8 Å². The van der Waals surface area contributed by atoms with Crippen molar-refractivity contribution in [1.82, 2.24) is 9.97 Å². The zero-order valence-corrected chi connectivity index (χ0v) is 8.69. The lowest BCUT2D eigenvalue weighted by Crippen LogP contribution is -1.82. The highest BCUT2D eigenvalue weighted by atomic mass is 32.1. The molecule has 0 bridgehead atoms. The standard InChI is InChI=1S/C10H12N2S/c1-3-7-5-8-10(11-6-7)13-9(4-2)12-8/h5-6H,3-4H2,1-2H3. The minimum Gasteiger partial charge on any atom is -0.243 e. The van der Waals surface area contributed by atoms with Crippen molar-refractivity contribution in [3.8, 4) is 0 Å². The van der Waals surface area contributed by atoms with E-state index in [2.05, 4.69) is 29.9 Å².